The summed E-state index contributed by atoms with van der Waals surface area (Å²) in [5.41, 5.74) is 15.3. The fraction of sp³-hybridized carbons (Fsp3) is 0.123. The molecule has 0 N–H and O–H groups in total. The van der Waals surface area contributed by atoms with Gasteiger partial charge in [0, 0.05) is 42.9 Å². The molecule has 0 unspecified atom stereocenters. The molecule has 7 aromatic carbocycles. The van der Waals surface area contributed by atoms with Gasteiger partial charge in [-0.1, -0.05) is 142 Å². The van der Waals surface area contributed by atoms with Gasteiger partial charge in [0.15, 0.2) is 0 Å². The summed E-state index contributed by atoms with van der Waals surface area (Å²) in [4.78, 5) is 9.60. The third kappa shape index (κ3) is 7.60. The Labute approximate surface area is 381 Å². The molecule has 11 rings (SSSR count). The number of rotatable bonds is 7. The molecule has 0 fully saturated rings. The molecule has 63 heavy (non-hydrogen) atoms. The summed E-state index contributed by atoms with van der Waals surface area (Å²) in [6, 6.07) is 63.0. The first-order valence-corrected chi connectivity index (χ1v) is 21.3. The minimum atomic E-state index is 0. The Bertz CT molecular complexity index is 3280. The smallest absolute Gasteiger partial charge is 0.126 e. The van der Waals surface area contributed by atoms with Gasteiger partial charge in [0.25, 0.3) is 0 Å². The summed E-state index contributed by atoms with van der Waals surface area (Å²) in [5.74, 6) is 2.12. The number of hydrogen-bond donors (Lipinski definition) is 0. The van der Waals surface area contributed by atoms with Crippen LogP contribution >= 0.6 is 0 Å². The van der Waals surface area contributed by atoms with E-state index in [-0.39, 0.29) is 31.9 Å². The van der Waals surface area contributed by atoms with Crippen LogP contribution in [0.2, 0.25) is 0 Å². The predicted octanol–water partition coefficient (Wildman–Crippen LogP) is 15.6. The van der Waals surface area contributed by atoms with Gasteiger partial charge < -0.3 is 18.4 Å². The average Bonchev–Trinajstić information content (AvgIpc) is 4.00. The molecule has 6 heteroatoms. The van der Waals surface area contributed by atoms with Gasteiger partial charge in [0.1, 0.15) is 11.3 Å². The van der Waals surface area contributed by atoms with Crippen molar-refractivity contribution in [3.05, 3.63) is 199 Å². The number of pyridine rings is 1. The molecule has 311 valence electrons. The number of aromatic nitrogens is 3. The molecule has 0 aliphatic heterocycles. The Kier molecular flexibility index (Phi) is 11.5. The second-order valence-corrected chi connectivity index (χ2v) is 16.4. The van der Waals surface area contributed by atoms with Gasteiger partial charge in [-0.25, -0.2) is 0 Å². The third-order valence-corrected chi connectivity index (χ3v) is 11.7. The van der Waals surface area contributed by atoms with E-state index >= 15 is 0 Å². The maximum absolute atomic E-state index is 6.81. The average molecular weight is 996 g/mol. The second-order valence-electron chi connectivity index (χ2n) is 16.4. The molecule has 0 saturated heterocycles. The van der Waals surface area contributed by atoms with E-state index in [4.69, 9.17) is 13.8 Å². The fourth-order valence-corrected chi connectivity index (χ4v) is 8.68. The van der Waals surface area contributed by atoms with Gasteiger partial charge in [-0.15, -0.1) is 35.9 Å². The van der Waals surface area contributed by atoms with Crippen molar-refractivity contribution in [3.8, 4) is 50.8 Å². The topological polar surface area (TPSA) is 57.0 Å². The normalized spacial score (nSPS) is 11.4. The van der Waals surface area contributed by atoms with Crippen molar-refractivity contribution < 1.29 is 28.9 Å². The monoisotopic (exact) mass is 996 g/mol. The molecule has 0 aliphatic carbocycles. The number of furan rings is 2. The van der Waals surface area contributed by atoms with Gasteiger partial charge in [0.05, 0.1) is 28.0 Å². The van der Waals surface area contributed by atoms with Gasteiger partial charge >= 0.3 is 0 Å². The fourth-order valence-electron chi connectivity index (χ4n) is 8.68. The molecule has 4 heterocycles. The van der Waals surface area contributed by atoms with Crippen LogP contribution in [0.1, 0.15) is 56.2 Å². The molecule has 0 bridgehead atoms. The van der Waals surface area contributed by atoms with Crippen LogP contribution in [0.15, 0.2) is 179 Å². The Morgan fingerprint density at radius 3 is 1.95 bits per heavy atom. The van der Waals surface area contributed by atoms with Crippen molar-refractivity contribution in [1.29, 1.82) is 0 Å². The first-order valence-electron chi connectivity index (χ1n) is 21.3. The van der Waals surface area contributed by atoms with Crippen LogP contribution in [0.25, 0.3) is 94.7 Å². The van der Waals surface area contributed by atoms with Gasteiger partial charge in [-0.3, -0.25) is 4.98 Å². The zero-order chi connectivity index (χ0) is 42.3. The van der Waals surface area contributed by atoms with Crippen molar-refractivity contribution in [2.45, 2.75) is 46.5 Å². The number of nitrogens with zero attached hydrogens (tertiary/aromatic N) is 3. The first kappa shape index (κ1) is 41.5. The van der Waals surface area contributed by atoms with E-state index in [0.717, 1.165) is 83.6 Å². The van der Waals surface area contributed by atoms with Crippen LogP contribution in [-0.2, 0) is 20.1 Å². The van der Waals surface area contributed by atoms with Gasteiger partial charge in [-0.05, 0) is 99.4 Å². The minimum Gasteiger partial charge on any atom is -0.501 e. The van der Waals surface area contributed by atoms with E-state index in [9.17, 15) is 0 Å². The Balaban J connectivity index is 0.000000335. The molecule has 5 nitrogen and oxygen atoms in total. The summed E-state index contributed by atoms with van der Waals surface area (Å²) in [5, 5.41) is 3.10. The molecule has 0 saturated carbocycles. The maximum atomic E-state index is 6.81. The van der Waals surface area contributed by atoms with Crippen molar-refractivity contribution in [2.75, 3.05) is 0 Å². The summed E-state index contributed by atoms with van der Waals surface area (Å²) in [6.45, 7) is 11.3. The summed E-state index contributed by atoms with van der Waals surface area (Å²) in [6.07, 6.45) is 1.79. The van der Waals surface area contributed by atoms with Crippen LogP contribution in [-0.4, -0.2) is 14.5 Å². The molecule has 0 spiro atoms. The Morgan fingerprint density at radius 2 is 1.27 bits per heavy atom. The molecule has 0 aliphatic rings. The van der Waals surface area contributed by atoms with E-state index in [0.29, 0.717) is 5.58 Å². The minimum absolute atomic E-state index is 0. The quantitative estimate of drug-likeness (QED) is 0.149. The molecule has 1 radical (unpaired) electrons. The number of fused-ring (bicyclic) bond motifs is 6. The number of aryl methyl sites for hydroxylation is 1. The zero-order valence-electron chi connectivity index (χ0n) is 35.8. The van der Waals surface area contributed by atoms with E-state index in [1.165, 1.54) is 22.3 Å². The largest absolute Gasteiger partial charge is 0.501 e. The third-order valence-electron chi connectivity index (χ3n) is 11.7. The SMILES string of the molecule is Cc1c(-c2ccccc2)oc2[c-]c(-c3nc4ccccc4n3-c3c(C(C)C)cc(-c4ccccc4)cc3C(C)C)c3oc4ccccc4c3c12.[Ir].[c-]1ccccc1-c1ccccn1. The number of hydrogen-bond acceptors (Lipinski definition) is 4. The van der Waals surface area contributed by atoms with Gasteiger partial charge in [-0.2, -0.15) is 0 Å². The van der Waals surface area contributed by atoms with E-state index in [1.54, 1.807) is 6.20 Å². The van der Waals surface area contributed by atoms with Crippen LogP contribution in [0, 0.1) is 19.1 Å². The Hall–Kier alpha value is -6.85. The number of imidazole rings is 1. The molecule has 0 atom stereocenters. The summed E-state index contributed by atoms with van der Waals surface area (Å²) >= 11 is 0. The first-order chi connectivity index (χ1) is 30.4. The summed E-state index contributed by atoms with van der Waals surface area (Å²) < 4.78 is 15.9. The molecule has 0 amide bonds. The van der Waals surface area contributed by atoms with Gasteiger partial charge in [0.2, 0.25) is 0 Å². The predicted molar refractivity (Wildman–Crippen MR) is 255 cm³/mol. The maximum Gasteiger partial charge on any atom is 0.126 e. The molecule has 4 aromatic heterocycles. The van der Waals surface area contributed by atoms with Crippen LogP contribution in [0.5, 0.6) is 0 Å². The Morgan fingerprint density at radius 1 is 0.619 bits per heavy atom. The van der Waals surface area contributed by atoms with E-state index in [2.05, 4.69) is 147 Å². The van der Waals surface area contributed by atoms with Crippen molar-refractivity contribution >= 4 is 43.9 Å². The van der Waals surface area contributed by atoms with E-state index < -0.39 is 0 Å². The van der Waals surface area contributed by atoms with Crippen molar-refractivity contribution in [3.63, 3.8) is 0 Å². The van der Waals surface area contributed by atoms with Crippen molar-refractivity contribution in [2.24, 2.45) is 0 Å². The van der Waals surface area contributed by atoms with Crippen LogP contribution in [0.4, 0.5) is 0 Å². The summed E-state index contributed by atoms with van der Waals surface area (Å²) in [7, 11) is 0. The zero-order valence-corrected chi connectivity index (χ0v) is 38.2. The number of para-hydroxylation sites is 3. The van der Waals surface area contributed by atoms with Crippen LogP contribution in [0.3, 0.4) is 0 Å². The standard InChI is InChI=1S/C46H37N2O2.C11H8N.Ir/c1-27(2)34-24-32(30-16-8-6-9-17-30)25-35(28(3)4)43(34)48-38-22-14-13-21-37(38)47-46(48)36-26-40-41(29(5)44(50-40)31-18-10-7-11-19-31)42-33-20-12-15-23-39(33)49-45(36)42;1-2-6-10(7-3-1)11-8-4-5-9-12-11;/h6-25,27-28H,1-5H3;1-6,8-9H;/q2*-1;. The number of benzene rings is 7. The van der Waals surface area contributed by atoms with E-state index in [1.807, 2.05) is 72.8 Å². The molecule has 11 aromatic rings. The van der Waals surface area contributed by atoms with Crippen LogP contribution < -0.4 is 0 Å². The second kappa shape index (κ2) is 17.5. The molecular weight excluding hydrogens is 951 g/mol. The molecular formula is C57H45IrN3O2-2. The van der Waals surface area contributed by atoms with Crippen molar-refractivity contribution in [1.82, 2.24) is 14.5 Å².